The highest BCUT2D eigenvalue weighted by Gasteiger charge is 2.24. The van der Waals surface area contributed by atoms with Crippen molar-refractivity contribution < 1.29 is 13.9 Å². The maximum atomic E-state index is 12.0. The summed E-state index contributed by atoms with van der Waals surface area (Å²) in [5, 5.41) is 3.26. The van der Waals surface area contributed by atoms with E-state index in [4.69, 9.17) is 9.15 Å². The van der Waals surface area contributed by atoms with Crippen LogP contribution in [-0.4, -0.2) is 17.7 Å². The van der Waals surface area contributed by atoms with Crippen molar-refractivity contribution in [1.29, 1.82) is 0 Å². The smallest absolute Gasteiger partial charge is 0.264 e. The van der Waals surface area contributed by atoms with Crippen LogP contribution in [0.3, 0.4) is 0 Å². The number of carbonyl (C=O) groups excluding carboxylic acids is 1. The van der Waals surface area contributed by atoms with Crippen molar-refractivity contribution in [2.45, 2.75) is 6.92 Å². The summed E-state index contributed by atoms with van der Waals surface area (Å²) in [6.07, 6.45) is 1.68. The topological polar surface area (TPSA) is 63.8 Å². The zero-order valence-corrected chi connectivity index (χ0v) is 14.6. The summed E-state index contributed by atoms with van der Waals surface area (Å²) >= 11 is 4.50. The molecule has 0 atom stereocenters. The van der Waals surface area contributed by atoms with E-state index in [1.807, 2.05) is 31.2 Å². The molecule has 1 saturated heterocycles. The molecule has 1 aromatic heterocycles. The zero-order chi connectivity index (χ0) is 16.2. The van der Waals surface area contributed by atoms with Crippen molar-refractivity contribution in [3.8, 4) is 5.75 Å². The Morgan fingerprint density at radius 3 is 2.91 bits per heavy atom. The van der Waals surface area contributed by atoms with E-state index in [-0.39, 0.29) is 5.91 Å². The van der Waals surface area contributed by atoms with Crippen LogP contribution in [0.2, 0.25) is 0 Å². The van der Waals surface area contributed by atoms with Gasteiger partial charge in [0.05, 0.1) is 11.5 Å². The third-order valence-electron chi connectivity index (χ3n) is 2.91. The Hall–Kier alpha value is -1.99. The Kier molecular flexibility index (Phi) is 4.88. The lowest BCUT2D eigenvalue weighted by Crippen LogP contribution is -2.19. The minimum absolute atomic E-state index is 0.199. The Morgan fingerprint density at radius 2 is 2.17 bits per heavy atom. The van der Waals surface area contributed by atoms with Crippen LogP contribution in [0.5, 0.6) is 5.75 Å². The Bertz CT molecular complexity index is 798. The summed E-state index contributed by atoms with van der Waals surface area (Å²) in [5.41, 5.74) is 0.680. The van der Waals surface area contributed by atoms with Gasteiger partial charge < -0.3 is 14.5 Å². The van der Waals surface area contributed by atoms with Gasteiger partial charge in [-0.1, -0.05) is 12.1 Å². The minimum Gasteiger partial charge on any atom is -0.492 e. The van der Waals surface area contributed by atoms with Crippen molar-refractivity contribution in [3.63, 3.8) is 0 Å². The molecule has 0 saturated carbocycles. The van der Waals surface area contributed by atoms with Gasteiger partial charge in [-0.3, -0.25) is 4.79 Å². The molecule has 23 heavy (non-hydrogen) atoms. The van der Waals surface area contributed by atoms with Crippen molar-refractivity contribution in [2.24, 2.45) is 4.99 Å². The summed E-state index contributed by atoms with van der Waals surface area (Å²) < 4.78 is 11.5. The summed E-state index contributed by atoms with van der Waals surface area (Å²) in [4.78, 5) is 17.0. The number of amides is 1. The van der Waals surface area contributed by atoms with Gasteiger partial charge in [-0.2, -0.15) is 0 Å². The molecule has 0 unspecified atom stereocenters. The van der Waals surface area contributed by atoms with Crippen LogP contribution < -0.4 is 10.1 Å². The van der Waals surface area contributed by atoms with Gasteiger partial charge in [0, 0.05) is 6.08 Å². The summed E-state index contributed by atoms with van der Waals surface area (Å²) in [6, 6.07) is 11.0. The summed E-state index contributed by atoms with van der Waals surface area (Å²) in [6.45, 7) is 2.47. The summed E-state index contributed by atoms with van der Waals surface area (Å²) in [5.74, 6) is 1.09. The monoisotopic (exact) mass is 392 g/mol. The SMILES string of the molecule is CCOc1ccccc1N=C1NC(=O)C(=Cc2ccc(Br)o2)S1. The number of carbonyl (C=O) groups is 1. The predicted molar refractivity (Wildman–Crippen MR) is 94.8 cm³/mol. The second kappa shape index (κ2) is 7.06. The lowest BCUT2D eigenvalue weighted by Gasteiger charge is -2.06. The van der Waals surface area contributed by atoms with E-state index in [1.165, 1.54) is 11.8 Å². The number of para-hydroxylation sites is 2. The molecule has 2 heterocycles. The highest BCUT2D eigenvalue weighted by atomic mass is 79.9. The number of ether oxygens (including phenoxy) is 1. The highest BCUT2D eigenvalue weighted by molar-refractivity contribution is 9.10. The second-order valence-corrected chi connectivity index (χ2v) is 6.34. The third-order valence-corrected chi connectivity index (χ3v) is 4.24. The first-order valence-electron chi connectivity index (χ1n) is 6.92. The molecule has 3 rings (SSSR count). The Balaban J connectivity index is 1.83. The number of hydrogen-bond donors (Lipinski definition) is 1. The normalized spacial score (nSPS) is 17.7. The van der Waals surface area contributed by atoms with E-state index in [9.17, 15) is 4.79 Å². The number of thioether (sulfide) groups is 1. The molecule has 1 N–H and O–H groups in total. The third kappa shape index (κ3) is 3.86. The number of hydrogen-bond acceptors (Lipinski definition) is 5. The van der Waals surface area contributed by atoms with Crippen LogP contribution in [0, 0.1) is 0 Å². The van der Waals surface area contributed by atoms with Gasteiger partial charge in [0.2, 0.25) is 0 Å². The van der Waals surface area contributed by atoms with Gasteiger partial charge in [0.1, 0.15) is 17.2 Å². The lowest BCUT2D eigenvalue weighted by atomic mass is 10.3. The molecule has 1 aliphatic rings. The zero-order valence-electron chi connectivity index (χ0n) is 12.2. The van der Waals surface area contributed by atoms with Gasteiger partial charge in [0.25, 0.3) is 5.91 Å². The van der Waals surface area contributed by atoms with Crippen molar-refractivity contribution in [3.05, 3.63) is 51.7 Å². The fourth-order valence-corrected chi connectivity index (χ4v) is 3.09. The van der Waals surface area contributed by atoms with Crippen LogP contribution in [0.4, 0.5) is 5.69 Å². The fourth-order valence-electron chi connectivity index (χ4n) is 1.95. The van der Waals surface area contributed by atoms with Crippen molar-refractivity contribution in [1.82, 2.24) is 5.32 Å². The largest absolute Gasteiger partial charge is 0.492 e. The first-order valence-corrected chi connectivity index (χ1v) is 8.53. The Morgan fingerprint density at radius 1 is 1.35 bits per heavy atom. The molecule has 0 spiro atoms. The molecule has 1 amide bonds. The van der Waals surface area contributed by atoms with Crippen LogP contribution in [0.1, 0.15) is 12.7 Å². The average molecular weight is 393 g/mol. The highest BCUT2D eigenvalue weighted by Crippen LogP contribution is 2.32. The molecule has 118 valence electrons. The van der Waals surface area contributed by atoms with Gasteiger partial charge in [-0.05, 0) is 58.9 Å². The number of furan rings is 1. The molecule has 2 aromatic rings. The lowest BCUT2D eigenvalue weighted by molar-refractivity contribution is -0.115. The van der Waals surface area contributed by atoms with Crippen molar-refractivity contribution >= 4 is 50.5 Å². The summed E-state index contributed by atoms with van der Waals surface area (Å²) in [7, 11) is 0. The molecule has 5 nitrogen and oxygen atoms in total. The average Bonchev–Trinajstić information content (AvgIpc) is 3.08. The second-order valence-electron chi connectivity index (χ2n) is 4.52. The molecule has 0 bridgehead atoms. The molecule has 1 aromatic carbocycles. The molecule has 0 aliphatic carbocycles. The molecule has 1 aliphatic heterocycles. The molecule has 7 heteroatoms. The molecule has 1 fully saturated rings. The molecule has 0 radical (unpaired) electrons. The first kappa shape index (κ1) is 15.9. The Labute approximate surface area is 145 Å². The van der Waals surface area contributed by atoms with Crippen LogP contribution in [-0.2, 0) is 4.79 Å². The van der Waals surface area contributed by atoms with Gasteiger partial charge in [-0.15, -0.1) is 0 Å². The van der Waals surface area contributed by atoms with E-state index < -0.39 is 0 Å². The van der Waals surface area contributed by atoms with E-state index >= 15 is 0 Å². The van der Waals surface area contributed by atoms with Gasteiger partial charge >= 0.3 is 0 Å². The molecular formula is C16H13BrN2O3S. The standard InChI is InChI=1S/C16H13BrN2O3S/c1-2-21-12-6-4-3-5-11(12)18-16-19-15(20)13(23-16)9-10-7-8-14(17)22-10/h3-9H,2H2,1H3,(H,18,19,20). The van der Waals surface area contributed by atoms with Gasteiger partial charge in [0.15, 0.2) is 9.84 Å². The maximum absolute atomic E-state index is 12.0. The quantitative estimate of drug-likeness (QED) is 0.786. The number of benzene rings is 1. The number of rotatable bonds is 4. The van der Waals surface area contributed by atoms with Crippen molar-refractivity contribution in [2.75, 3.05) is 6.61 Å². The fraction of sp³-hybridized carbons (Fsp3) is 0.125. The van der Waals surface area contributed by atoms with E-state index in [1.54, 1.807) is 18.2 Å². The minimum atomic E-state index is -0.199. The maximum Gasteiger partial charge on any atom is 0.264 e. The first-order chi connectivity index (χ1) is 11.2. The number of nitrogens with one attached hydrogen (secondary N) is 1. The van der Waals surface area contributed by atoms with E-state index in [0.29, 0.717) is 38.5 Å². The molecular weight excluding hydrogens is 380 g/mol. The number of nitrogens with zero attached hydrogens (tertiary/aromatic N) is 1. The number of aliphatic imine (C=N–C) groups is 1. The van der Waals surface area contributed by atoms with Crippen LogP contribution in [0.15, 0.2) is 55.4 Å². The number of amidine groups is 1. The van der Waals surface area contributed by atoms with Crippen LogP contribution in [0.25, 0.3) is 6.08 Å². The number of halogens is 1. The van der Waals surface area contributed by atoms with E-state index in [2.05, 4.69) is 26.2 Å². The van der Waals surface area contributed by atoms with Crippen LogP contribution >= 0.6 is 27.7 Å². The predicted octanol–water partition coefficient (Wildman–Crippen LogP) is 4.33. The van der Waals surface area contributed by atoms with E-state index in [0.717, 1.165) is 0 Å². The van der Waals surface area contributed by atoms with Gasteiger partial charge in [-0.25, -0.2) is 4.99 Å².